The maximum atomic E-state index is 12.4. The van der Waals surface area contributed by atoms with Crippen LogP contribution >= 0.6 is 0 Å². The van der Waals surface area contributed by atoms with Gasteiger partial charge in [0.25, 0.3) is 0 Å². The number of amides is 1. The van der Waals surface area contributed by atoms with Crippen molar-refractivity contribution in [2.45, 2.75) is 70.8 Å². The Morgan fingerprint density at radius 3 is 2.50 bits per heavy atom. The van der Waals surface area contributed by atoms with Crippen molar-refractivity contribution in [3.8, 4) is 0 Å². The predicted octanol–water partition coefficient (Wildman–Crippen LogP) is 4.21. The van der Waals surface area contributed by atoms with Gasteiger partial charge in [-0.05, 0) is 63.7 Å². The van der Waals surface area contributed by atoms with Gasteiger partial charge in [0.15, 0.2) is 0 Å². The second-order valence-electron chi connectivity index (χ2n) is 7.36. The smallest absolute Gasteiger partial charge is 0.410 e. The molecule has 0 spiro atoms. The Morgan fingerprint density at radius 2 is 1.95 bits per heavy atom. The Hall–Kier alpha value is -0.730. The van der Waals surface area contributed by atoms with Crippen molar-refractivity contribution >= 4 is 6.09 Å². The molecule has 4 unspecified atom stereocenters. The molecule has 3 aliphatic rings. The molecule has 0 aromatic heterocycles. The molecule has 3 fully saturated rings. The maximum absolute atomic E-state index is 12.4. The number of likely N-dealkylation sites (tertiary alicyclic amines) is 1. The molecule has 1 aliphatic heterocycles. The van der Waals surface area contributed by atoms with E-state index in [2.05, 4.69) is 13.8 Å². The Labute approximate surface area is 123 Å². The van der Waals surface area contributed by atoms with Gasteiger partial charge in [0.1, 0.15) is 5.60 Å². The van der Waals surface area contributed by atoms with Crippen molar-refractivity contribution < 1.29 is 9.53 Å². The molecule has 2 aliphatic carbocycles. The lowest BCUT2D eigenvalue weighted by molar-refractivity contribution is -0.0569. The molecule has 114 valence electrons. The van der Waals surface area contributed by atoms with Crippen LogP contribution < -0.4 is 0 Å². The zero-order valence-corrected chi connectivity index (χ0v) is 13.1. The molecule has 0 aromatic carbocycles. The number of ether oxygens (including phenoxy) is 1. The Balaban J connectivity index is 1.64. The fourth-order valence-corrected chi connectivity index (χ4v) is 4.74. The largest absolute Gasteiger partial charge is 0.443 e. The highest BCUT2D eigenvalue weighted by atomic mass is 16.6. The average Bonchev–Trinajstić information content (AvgIpc) is 3.11. The summed E-state index contributed by atoms with van der Waals surface area (Å²) in [5, 5.41) is 0. The van der Waals surface area contributed by atoms with E-state index in [1.807, 2.05) is 4.90 Å². The lowest BCUT2D eigenvalue weighted by Crippen LogP contribution is -2.46. The van der Waals surface area contributed by atoms with Crippen molar-refractivity contribution in [1.29, 1.82) is 0 Å². The molecule has 3 nitrogen and oxygen atoms in total. The summed E-state index contributed by atoms with van der Waals surface area (Å²) in [6, 6.07) is 0. The fraction of sp³-hybridized carbons (Fsp3) is 0.941. The molecular weight excluding hydrogens is 250 g/mol. The van der Waals surface area contributed by atoms with Crippen LogP contribution in [-0.4, -0.2) is 29.7 Å². The molecule has 3 heteroatoms. The third-order valence-electron chi connectivity index (χ3n) is 6.16. The van der Waals surface area contributed by atoms with Gasteiger partial charge in [0.05, 0.1) is 0 Å². The topological polar surface area (TPSA) is 29.5 Å². The molecule has 1 heterocycles. The molecule has 1 saturated heterocycles. The van der Waals surface area contributed by atoms with Crippen LogP contribution in [0.3, 0.4) is 0 Å². The highest BCUT2D eigenvalue weighted by molar-refractivity contribution is 5.68. The van der Waals surface area contributed by atoms with E-state index in [9.17, 15) is 4.79 Å². The molecule has 0 N–H and O–H groups in total. The van der Waals surface area contributed by atoms with E-state index in [1.165, 1.54) is 32.1 Å². The summed E-state index contributed by atoms with van der Waals surface area (Å²) in [5.74, 6) is 2.31. The summed E-state index contributed by atoms with van der Waals surface area (Å²) >= 11 is 0. The van der Waals surface area contributed by atoms with Crippen LogP contribution in [0.15, 0.2) is 0 Å². The lowest BCUT2D eigenvalue weighted by atomic mass is 9.75. The van der Waals surface area contributed by atoms with Crippen LogP contribution in [0.25, 0.3) is 0 Å². The number of nitrogens with zero attached hydrogens (tertiary/aromatic N) is 1. The number of carbonyl (C=O) groups excluding carboxylic acids is 1. The van der Waals surface area contributed by atoms with E-state index in [4.69, 9.17) is 4.74 Å². The number of rotatable bonds is 3. The Kier molecular flexibility index (Phi) is 3.96. The highest BCUT2D eigenvalue weighted by Crippen LogP contribution is 2.53. The first-order valence-electron chi connectivity index (χ1n) is 8.60. The average molecular weight is 279 g/mol. The van der Waals surface area contributed by atoms with E-state index in [-0.39, 0.29) is 11.7 Å². The first-order valence-corrected chi connectivity index (χ1v) is 8.60. The molecule has 0 radical (unpaired) electrons. The number of fused-ring (bicyclic) bond motifs is 2. The predicted molar refractivity (Wildman–Crippen MR) is 79.5 cm³/mol. The van der Waals surface area contributed by atoms with Crippen LogP contribution in [0.1, 0.15) is 65.2 Å². The van der Waals surface area contributed by atoms with Gasteiger partial charge in [0, 0.05) is 19.0 Å². The zero-order valence-electron chi connectivity index (χ0n) is 13.1. The van der Waals surface area contributed by atoms with Crippen LogP contribution in [0.2, 0.25) is 0 Å². The number of piperidine rings is 1. The van der Waals surface area contributed by atoms with Gasteiger partial charge in [-0.1, -0.05) is 13.3 Å². The number of carbonyl (C=O) groups is 1. The first-order chi connectivity index (χ1) is 9.62. The Bertz CT molecular complexity index is 364. The molecule has 2 bridgehead atoms. The zero-order chi connectivity index (χ0) is 14.2. The minimum Gasteiger partial charge on any atom is -0.443 e. The van der Waals surface area contributed by atoms with Gasteiger partial charge >= 0.3 is 6.09 Å². The van der Waals surface area contributed by atoms with E-state index in [1.54, 1.807) is 0 Å². The Morgan fingerprint density at radius 1 is 1.20 bits per heavy atom. The van der Waals surface area contributed by atoms with Crippen LogP contribution in [-0.2, 0) is 4.74 Å². The van der Waals surface area contributed by atoms with Crippen LogP contribution in [0.4, 0.5) is 4.79 Å². The van der Waals surface area contributed by atoms with Gasteiger partial charge in [-0.3, -0.25) is 0 Å². The van der Waals surface area contributed by atoms with Crippen molar-refractivity contribution in [3.63, 3.8) is 0 Å². The monoisotopic (exact) mass is 279 g/mol. The van der Waals surface area contributed by atoms with Crippen LogP contribution in [0.5, 0.6) is 0 Å². The van der Waals surface area contributed by atoms with Gasteiger partial charge in [0.2, 0.25) is 0 Å². The first kappa shape index (κ1) is 14.2. The third kappa shape index (κ3) is 2.56. The van der Waals surface area contributed by atoms with Gasteiger partial charge in [-0.25, -0.2) is 4.79 Å². The highest BCUT2D eigenvalue weighted by Gasteiger charge is 2.49. The summed E-state index contributed by atoms with van der Waals surface area (Å²) in [6.45, 7) is 6.13. The number of hydrogen-bond acceptors (Lipinski definition) is 2. The fourth-order valence-electron chi connectivity index (χ4n) is 4.74. The minimum absolute atomic E-state index is 0.0585. The summed E-state index contributed by atoms with van der Waals surface area (Å²) in [6.07, 6.45) is 9.81. The molecule has 1 amide bonds. The van der Waals surface area contributed by atoms with E-state index in [0.29, 0.717) is 5.92 Å². The van der Waals surface area contributed by atoms with E-state index in [0.717, 1.165) is 44.2 Å². The molecule has 20 heavy (non-hydrogen) atoms. The summed E-state index contributed by atoms with van der Waals surface area (Å²) in [5.41, 5.74) is -0.242. The molecule has 3 rings (SSSR count). The second kappa shape index (κ2) is 5.57. The van der Waals surface area contributed by atoms with Gasteiger partial charge in [-0.15, -0.1) is 0 Å². The van der Waals surface area contributed by atoms with Crippen LogP contribution in [0, 0.1) is 17.8 Å². The molecule has 2 saturated carbocycles. The SMILES string of the molecule is CCC(C)(OC(=O)N1CCCCC1)C1CC2CCC1C2. The third-order valence-corrected chi connectivity index (χ3v) is 6.16. The summed E-state index contributed by atoms with van der Waals surface area (Å²) < 4.78 is 6.05. The van der Waals surface area contributed by atoms with Crippen molar-refractivity contribution in [2.75, 3.05) is 13.1 Å². The minimum atomic E-state index is -0.242. The van der Waals surface area contributed by atoms with Gasteiger partial charge in [-0.2, -0.15) is 0 Å². The normalized spacial score (nSPS) is 35.9. The standard InChI is InChI=1S/C17H29NO2/c1-3-17(2,15-12-13-7-8-14(15)11-13)20-16(19)18-9-5-4-6-10-18/h13-15H,3-12H2,1-2H3. The quantitative estimate of drug-likeness (QED) is 0.774. The van der Waals surface area contributed by atoms with E-state index >= 15 is 0 Å². The lowest BCUT2D eigenvalue weighted by Gasteiger charge is -2.40. The molecular formula is C17H29NO2. The summed E-state index contributed by atoms with van der Waals surface area (Å²) in [7, 11) is 0. The molecule has 0 aromatic rings. The van der Waals surface area contributed by atoms with Crippen molar-refractivity contribution in [1.82, 2.24) is 4.90 Å². The van der Waals surface area contributed by atoms with E-state index < -0.39 is 0 Å². The number of hydrogen-bond donors (Lipinski definition) is 0. The van der Waals surface area contributed by atoms with Gasteiger partial charge < -0.3 is 9.64 Å². The second-order valence-corrected chi connectivity index (χ2v) is 7.36. The van der Waals surface area contributed by atoms with Crippen molar-refractivity contribution in [2.24, 2.45) is 17.8 Å². The van der Waals surface area contributed by atoms with Crippen molar-refractivity contribution in [3.05, 3.63) is 0 Å². The maximum Gasteiger partial charge on any atom is 0.410 e. The summed E-state index contributed by atoms with van der Waals surface area (Å²) in [4.78, 5) is 14.4. The molecule has 4 atom stereocenters.